The number of nitrogens with zero attached hydrogens (tertiary/aromatic N) is 2. The third kappa shape index (κ3) is 5.42. The topological polar surface area (TPSA) is 52.7 Å². The van der Waals surface area contributed by atoms with Gasteiger partial charge in [-0.2, -0.15) is 0 Å². The highest BCUT2D eigenvalue weighted by atomic mass is 79.9. The number of carbonyl (C=O) groups excluding carboxylic acids is 2. The molecular weight excluding hydrogens is 418 g/mol. The number of halogens is 1. The summed E-state index contributed by atoms with van der Waals surface area (Å²) in [7, 11) is 0. The standard InChI is InChI=1S/C22H26BrN3O2/c1-16-7-8-20(19(23)13-16)24-21(27)15-25-9-11-26(12-10-25)22(28)14-18-6-4-3-5-17(18)2/h3-8,13H,9-12,14-15H2,1-2H3,(H,24,27). The van der Waals surface area contributed by atoms with Gasteiger partial charge in [0.1, 0.15) is 0 Å². The van der Waals surface area contributed by atoms with Gasteiger partial charge in [-0.1, -0.05) is 30.3 Å². The second-order valence-electron chi connectivity index (χ2n) is 7.29. The third-order valence-corrected chi connectivity index (χ3v) is 5.75. The number of hydrogen-bond acceptors (Lipinski definition) is 3. The van der Waals surface area contributed by atoms with E-state index in [0.717, 1.165) is 26.9 Å². The lowest BCUT2D eigenvalue weighted by atomic mass is 10.1. The number of hydrogen-bond donors (Lipinski definition) is 1. The first-order chi connectivity index (χ1) is 13.4. The van der Waals surface area contributed by atoms with Gasteiger partial charge in [-0.05, 0) is 58.6 Å². The van der Waals surface area contributed by atoms with Crippen molar-refractivity contribution >= 4 is 33.4 Å². The van der Waals surface area contributed by atoms with Crippen LogP contribution >= 0.6 is 15.9 Å². The van der Waals surface area contributed by atoms with E-state index in [1.807, 2.05) is 61.2 Å². The van der Waals surface area contributed by atoms with Crippen LogP contribution in [0.2, 0.25) is 0 Å². The number of amides is 2. The number of rotatable bonds is 5. The van der Waals surface area contributed by atoms with Gasteiger partial charge in [0.05, 0.1) is 18.7 Å². The Labute approximate surface area is 174 Å². The normalized spacial score (nSPS) is 14.8. The van der Waals surface area contributed by atoms with E-state index >= 15 is 0 Å². The molecule has 1 heterocycles. The van der Waals surface area contributed by atoms with Gasteiger partial charge in [0, 0.05) is 30.7 Å². The molecule has 2 amide bonds. The second-order valence-corrected chi connectivity index (χ2v) is 8.15. The fourth-order valence-electron chi connectivity index (χ4n) is 3.35. The summed E-state index contributed by atoms with van der Waals surface area (Å²) in [6, 6.07) is 13.9. The van der Waals surface area contributed by atoms with Gasteiger partial charge in [0.2, 0.25) is 11.8 Å². The first kappa shape index (κ1) is 20.6. The molecule has 0 saturated carbocycles. The monoisotopic (exact) mass is 443 g/mol. The number of piperazine rings is 1. The van der Waals surface area contributed by atoms with Crippen molar-refractivity contribution in [1.82, 2.24) is 9.80 Å². The SMILES string of the molecule is Cc1ccc(NC(=O)CN2CCN(C(=O)Cc3ccccc3C)CC2)c(Br)c1. The summed E-state index contributed by atoms with van der Waals surface area (Å²) in [5, 5.41) is 2.95. The lowest BCUT2D eigenvalue weighted by Gasteiger charge is -2.34. The van der Waals surface area contributed by atoms with Crippen LogP contribution in [0.3, 0.4) is 0 Å². The van der Waals surface area contributed by atoms with Crippen LogP contribution in [-0.4, -0.2) is 54.3 Å². The summed E-state index contributed by atoms with van der Waals surface area (Å²) in [5.41, 5.74) is 4.14. The number of carbonyl (C=O) groups is 2. The number of aryl methyl sites for hydroxylation is 2. The van der Waals surface area contributed by atoms with Crippen LogP contribution in [0.15, 0.2) is 46.9 Å². The molecule has 1 aliphatic heterocycles. The average molecular weight is 444 g/mol. The molecule has 2 aromatic carbocycles. The molecule has 1 aliphatic rings. The minimum atomic E-state index is -0.0377. The number of nitrogens with one attached hydrogen (secondary N) is 1. The molecule has 0 atom stereocenters. The molecule has 0 radical (unpaired) electrons. The van der Waals surface area contributed by atoms with E-state index in [0.29, 0.717) is 39.1 Å². The highest BCUT2D eigenvalue weighted by Crippen LogP contribution is 2.23. The summed E-state index contributed by atoms with van der Waals surface area (Å²) in [5.74, 6) is 0.117. The number of anilines is 1. The Morgan fingerprint density at radius 1 is 1.04 bits per heavy atom. The zero-order valence-corrected chi connectivity index (χ0v) is 18.0. The van der Waals surface area contributed by atoms with E-state index < -0.39 is 0 Å². The molecule has 6 heteroatoms. The van der Waals surface area contributed by atoms with Gasteiger partial charge >= 0.3 is 0 Å². The lowest BCUT2D eigenvalue weighted by molar-refractivity contribution is -0.132. The van der Waals surface area contributed by atoms with Crippen molar-refractivity contribution in [1.29, 1.82) is 0 Å². The van der Waals surface area contributed by atoms with Crippen LogP contribution < -0.4 is 5.32 Å². The zero-order chi connectivity index (χ0) is 20.1. The van der Waals surface area contributed by atoms with Gasteiger partial charge in [-0.15, -0.1) is 0 Å². The van der Waals surface area contributed by atoms with Crippen molar-refractivity contribution in [2.45, 2.75) is 20.3 Å². The van der Waals surface area contributed by atoms with E-state index in [1.165, 1.54) is 0 Å². The van der Waals surface area contributed by atoms with Gasteiger partial charge in [-0.3, -0.25) is 14.5 Å². The second kappa shape index (κ2) is 9.34. The van der Waals surface area contributed by atoms with Crippen molar-refractivity contribution in [2.75, 3.05) is 38.0 Å². The largest absolute Gasteiger partial charge is 0.340 e. The van der Waals surface area contributed by atoms with Crippen molar-refractivity contribution < 1.29 is 9.59 Å². The molecule has 28 heavy (non-hydrogen) atoms. The molecule has 0 spiro atoms. The van der Waals surface area contributed by atoms with Gasteiger partial charge in [0.15, 0.2) is 0 Å². The molecule has 1 N–H and O–H groups in total. The summed E-state index contributed by atoms with van der Waals surface area (Å²) < 4.78 is 0.882. The van der Waals surface area contributed by atoms with Gasteiger partial charge in [0.25, 0.3) is 0 Å². The third-order valence-electron chi connectivity index (χ3n) is 5.09. The molecule has 0 aromatic heterocycles. The average Bonchev–Trinajstić information content (AvgIpc) is 2.66. The first-order valence-electron chi connectivity index (χ1n) is 9.53. The fraction of sp³-hybridized carbons (Fsp3) is 0.364. The van der Waals surface area contributed by atoms with Crippen molar-refractivity contribution in [2.24, 2.45) is 0 Å². The van der Waals surface area contributed by atoms with Crippen LogP contribution in [0.25, 0.3) is 0 Å². The fourth-order valence-corrected chi connectivity index (χ4v) is 3.95. The minimum Gasteiger partial charge on any atom is -0.340 e. The molecule has 1 fully saturated rings. The smallest absolute Gasteiger partial charge is 0.238 e. The molecule has 2 aromatic rings. The predicted octanol–water partition coefficient (Wildman–Crippen LogP) is 3.39. The minimum absolute atomic E-state index is 0.0377. The first-order valence-corrected chi connectivity index (χ1v) is 10.3. The van der Waals surface area contributed by atoms with Crippen LogP contribution in [0.1, 0.15) is 16.7 Å². The van der Waals surface area contributed by atoms with Crippen molar-refractivity contribution in [3.8, 4) is 0 Å². The maximum absolute atomic E-state index is 12.6. The zero-order valence-electron chi connectivity index (χ0n) is 16.4. The van der Waals surface area contributed by atoms with Crippen LogP contribution in [-0.2, 0) is 16.0 Å². The lowest BCUT2D eigenvalue weighted by Crippen LogP contribution is -2.50. The Hall–Kier alpha value is -2.18. The summed E-state index contributed by atoms with van der Waals surface area (Å²) in [4.78, 5) is 28.9. The van der Waals surface area contributed by atoms with E-state index in [9.17, 15) is 9.59 Å². The number of benzene rings is 2. The molecule has 5 nitrogen and oxygen atoms in total. The molecule has 0 aliphatic carbocycles. The van der Waals surface area contributed by atoms with Crippen LogP contribution in [0, 0.1) is 13.8 Å². The van der Waals surface area contributed by atoms with E-state index in [-0.39, 0.29) is 11.8 Å². The molecule has 1 saturated heterocycles. The predicted molar refractivity (Wildman–Crippen MR) is 115 cm³/mol. The Morgan fingerprint density at radius 2 is 1.75 bits per heavy atom. The molecule has 148 valence electrons. The maximum Gasteiger partial charge on any atom is 0.238 e. The van der Waals surface area contributed by atoms with Crippen LogP contribution in [0.5, 0.6) is 0 Å². The van der Waals surface area contributed by atoms with E-state index in [4.69, 9.17) is 0 Å². The van der Waals surface area contributed by atoms with Crippen LogP contribution in [0.4, 0.5) is 5.69 Å². The highest BCUT2D eigenvalue weighted by molar-refractivity contribution is 9.10. The Balaban J connectivity index is 1.46. The molecule has 0 bridgehead atoms. The molecular formula is C22H26BrN3O2. The Kier molecular flexibility index (Phi) is 6.86. The summed E-state index contributed by atoms with van der Waals surface area (Å²) in [6.45, 7) is 7.12. The maximum atomic E-state index is 12.6. The van der Waals surface area contributed by atoms with E-state index in [1.54, 1.807) is 0 Å². The van der Waals surface area contributed by atoms with Gasteiger partial charge in [-0.25, -0.2) is 0 Å². The molecule has 3 rings (SSSR count). The highest BCUT2D eigenvalue weighted by Gasteiger charge is 2.23. The quantitative estimate of drug-likeness (QED) is 0.770. The van der Waals surface area contributed by atoms with E-state index in [2.05, 4.69) is 26.1 Å². The Bertz CT molecular complexity index is 861. The van der Waals surface area contributed by atoms with Gasteiger partial charge < -0.3 is 10.2 Å². The van der Waals surface area contributed by atoms with Crippen molar-refractivity contribution in [3.05, 3.63) is 63.6 Å². The van der Waals surface area contributed by atoms with Crippen molar-refractivity contribution in [3.63, 3.8) is 0 Å². The molecule has 0 unspecified atom stereocenters. The summed E-state index contributed by atoms with van der Waals surface area (Å²) in [6.07, 6.45) is 0.439. The Morgan fingerprint density at radius 3 is 2.43 bits per heavy atom. The summed E-state index contributed by atoms with van der Waals surface area (Å²) >= 11 is 3.48.